The highest BCUT2D eigenvalue weighted by atomic mass is 79.9. The first-order valence-electron chi connectivity index (χ1n) is 10.4. The van der Waals surface area contributed by atoms with Crippen LogP contribution in [0.4, 0.5) is 0 Å². The van der Waals surface area contributed by atoms with Gasteiger partial charge in [0, 0.05) is 5.02 Å². The van der Waals surface area contributed by atoms with Gasteiger partial charge in [0.1, 0.15) is 5.75 Å². The van der Waals surface area contributed by atoms with Crippen molar-refractivity contribution in [1.82, 2.24) is 15.6 Å². The summed E-state index contributed by atoms with van der Waals surface area (Å²) in [4.78, 5) is 22.9. The summed E-state index contributed by atoms with van der Waals surface area (Å²) in [5.41, 5.74) is 2.97. The third-order valence-corrected chi connectivity index (χ3v) is 6.03. The van der Waals surface area contributed by atoms with Crippen LogP contribution in [0.3, 0.4) is 0 Å². The van der Waals surface area contributed by atoms with Crippen LogP contribution in [0, 0.1) is 0 Å². The highest BCUT2D eigenvalue weighted by molar-refractivity contribution is 9.10. The summed E-state index contributed by atoms with van der Waals surface area (Å²) in [7, 11) is 0. The Morgan fingerprint density at radius 2 is 2.00 bits per heavy atom. The molecule has 37 heavy (non-hydrogen) atoms. The highest BCUT2D eigenvalue weighted by Crippen LogP contribution is 2.36. The van der Waals surface area contributed by atoms with E-state index in [0.29, 0.717) is 38.2 Å². The van der Waals surface area contributed by atoms with Crippen molar-refractivity contribution in [2.45, 2.75) is 18.8 Å². The number of thioether (sulfide) groups is 1. The average molecular weight is 634 g/mol. The molecule has 1 aromatic heterocycles. The normalized spacial score (nSPS) is 10.9. The van der Waals surface area contributed by atoms with Gasteiger partial charge in [-0.2, -0.15) is 5.10 Å². The number of carboxylic acids is 1. The van der Waals surface area contributed by atoms with Crippen LogP contribution in [0.2, 0.25) is 10.0 Å². The molecule has 0 radical (unpaired) electrons. The number of halogens is 3. The van der Waals surface area contributed by atoms with E-state index >= 15 is 0 Å². The lowest BCUT2D eigenvalue weighted by atomic mass is 10.2. The number of carbonyl (C=O) groups excluding carboxylic acids is 1. The molecule has 2 aromatic carbocycles. The molecule has 0 aliphatic rings. The zero-order valence-corrected chi connectivity index (χ0v) is 23.0. The van der Waals surface area contributed by atoms with Gasteiger partial charge in [0.15, 0.2) is 24.7 Å². The van der Waals surface area contributed by atoms with E-state index in [1.54, 1.807) is 37.3 Å². The smallest absolute Gasteiger partial charge is 0.341 e. The third-order valence-electron chi connectivity index (χ3n) is 4.09. The number of ether oxygens (including phenoxy) is 3. The summed E-state index contributed by atoms with van der Waals surface area (Å²) in [6.07, 6.45) is 1.40. The first-order valence-corrected chi connectivity index (χ1v) is 12.9. The van der Waals surface area contributed by atoms with E-state index in [2.05, 4.69) is 36.7 Å². The van der Waals surface area contributed by atoms with Crippen LogP contribution in [0.1, 0.15) is 18.4 Å². The van der Waals surface area contributed by atoms with Crippen LogP contribution < -0.4 is 19.6 Å². The molecule has 0 spiro atoms. The molecular weight excluding hydrogens is 615 g/mol. The van der Waals surface area contributed by atoms with E-state index in [1.807, 2.05) is 0 Å². The lowest BCUT2D eigenvalue weighted by Gasteiger charge is -2.13. The number of hydrogen-bond donors (Lipinski definition) is 2. The predicted octanol–water partition coefficient (Wildman–Crippen LogP) is 4.82. The molecule has 1 heterocycles. The van der Waals surface area contributed by atoms with Gasteiger partial charge in [-0.15, -0.1) is 10.2 Å². The van der Waals surface area contributed by atoms with Crippen molar-refractivity contribution in [3.8, 4) is 17.2 Å². The fraction of sp³-hybridized carbons (Fsp3) is 0.227. The molecule has 0 fully saturated rings. The molecule has 0 saturated carbocycles. The van der Waals surface area contributed by atoms with Crippen LogP contribution in [0.5, 0.6) is 17.2 Å². The molecule has 0 aliphatic carbocycles. The zero-order valence-electron chi connectivity index (χ0n) is 19.1. The van der Waals surface area contributed by atoms with Gasteiger partial charge in [-0.25, -0.2) is 10.2 Å². The van der Waals surface area contributed by atoms with Crippen molar-refractivity contribution in [2.24, 2.45) is 5.10 Å². The number of rotatable bonds is 13. The van der Waals surface area contributed by atoms with Gasteiger partial charge >= 0.3 is 5.97 Å². The number of hydrazone groups is 1. The van der Waals surface area contributed by atoms with Crippen LogP contribution in [0.15, 0.2) is 49.5 Å². The minimum absolute atomic E-state index is 0.00909. The molecular formula is C22H19BrCl2N4O7S. The Bertz CT molecular complexity index is 1290. The molecule has 196 valence electrons. The van der Waals surface area contributed by atoms with Crippen molar-refractivity contribution < 1.29 is 33.3 Å². The predicted molar refractivity (Wildman–Crippen MR) is 140 cm³/mol. The maximum Gasteiger partial charge on any atom is 0.341 e. The number of benzene rings is 2. The fourth-order valence-electron chi connectivity index (χ4n) is 2.62. The van der Waals surface area contributed by atoms with Gasteiger partial charge in [0.05, 0.1) is 28.1 Å². The van der Waals surface area contributed by atoms with Crippen LogP contribution >= 0.6 is 50.9 Å². The Kier molecular flexibility index (Phi) is 10.9. The largest absolute Gasteiger partial charge is 0.490 e. The summed E-state index contributed by atoms with van der Waals surface area (Å²) in [6.45, 7) is 1.58. The Hall–Kier alpha value is -3.00. The lowest BCUT2D eigenvalue weighted by molar-refractivity contribution is -0.139. The van der Waals surface area contributed by atoms with E-state index < -0.39 is 18.5 Å². The van der Waals surface area contributed by atoms with E-state index in [-0.39, 0.29) is 29.2 Å². The van der Waals surface area contributed by atoms with Crippen molar-refractivity contribution in [3.05, 3.63) is 56.3 Å². The van der Waals surface area contributed by atoms with Crippen LogP contribution in [-0.4, -0.2) is 52.4 Å². The summed E-state index contributed by atoms with van der Waals surface area (Å²) >= 11 is 16.3. The topological polar surface area (TPSA) is 145 Å². The number of carbonyl (C=O) groups is 2. The molecule has 3 aromatic rings. The number of hydrogen-bond acceptors (Lipinski definition) is 10. The standard InChI is InChI=1S/C22H19BrCl2N4O7S/c1-2-33-17-6-12(5-14(23)21(17)35-10-20(31)32)8-26-27-18(30)11-37-22-29-28-19(36-22)9-34-16-4-3-13(24)7-15(16)25/h3-8H,2,9-11H2,1H3,(H,27,30)(H,31,32)/b26-8-. The van der Waals surface area contributed by atoms with Crippen molar-refractivity contribution in [1.29, 1.82) is 0 Å². The minimum atomic E-state index is -1.12. The van der Waals surface area contributed by atoms with Gasteiger partial charge in [-0.3, -0.25) is 4.79 Å². The fourth-order valence-corrected chi connectivity index (χ4v) is 4.23. The number of amides is 1. The molecule has 3 rings (SSSR count). The van der Waals surface area contributed by atoms with Crippen molar-refractivity contribution in [2.75, 3.05) is 19.0 Å². The van der Waals surface area contributed by atoms with E-state index in [0.717, 1.165) is 11.8 Å². The first-order chi connectivity index (χ1) is 17.7. The lowest BCUT2D eigenvalue weighted by Crippen LogP contribution is -2.19. The van der Waals surface area contributed by atoms with E-state index in [4.69, 9.17) is 46.9 Å². The van der Waals surface area contributed by atoms with E-state index in [1.165, 1.54) is 6.21 Å². The summed E-state index contributed by atoms with van der Waals surface area (Å²) < 4.78 is 22.2. The molecule has 0 saturated heterocycles. The SMILES string of the molecule is CCOc1cc(/C=N\NC(=O)CSc2nnc(COc3ccc(Cl)cc3Cl)o2)cc(Br)c1OCC(=O)O. The molecule has 0 bridgehead atoms. The molecule has 0 aliphatic heterocycles. The van der Waals surface area contributed by atoms with Gasteiger partial charge in [0.2, 0.25) is 0 Å². The Morgan fingerprint density at radius 1 is 1.19 bits per heavy atom. The van der Waals surface area contributed by atoms with Crippen molar-refractivity contribution >= 4 is 69.0 Å². The number of nitrogens with zero attached hydrogens (tertiary/aromatic N) is 3. The summed E-state index contributed by atoms with van der Waals surface area (Å²) in [5, 5.41) is 21.5. The van der Waals surface area contributed by atoms with E-state index in [9.17, 15) is 9.59 Å². The molecule has 0 atom stereocenters. The molecule has 0 unspecified atom stereocenters. The second-order valence-corrected chi connectivity index (χ2v) is 9.48. The Morgan fingerprint density at radius 3 is 2.73 bits per heavy atom. The molecule has 15 heteroatoms. The van der Waals surface area contributed by atoms with Crippen LogP contribution in [0.25, 0.3) is 0 Å². The average Bonchev–Trinajstić information content (AvgIpc) is 3.29. The minimum Gasteiger partial charge on any atom is -0.490 e. The van der Waals surface area contributed by atoms with Gasteiger partial charge in [0.25, 0.3) is 17.0 Å². The summed E-state index contributed by atoms with van der Waals surface area (Å²) in [6, 6.07) is 8.07. The van der Waals surface area contributed by atoms with Crippen molar-refractivity contribution in [3.63, 3.8) is 0 Å². The van der Waals surface area contributed by atoms with Gasteiger partial charge in [-0.1, -0.05) is 35.0 Å². The number of nitrogens with one attached hydrogen (secondary N) is 1. The molecule has 1 amide bonds. The number of carboxylic acid groups (broad SMARTS) is 1. The quantitative estimate of drug-likeness (QED) is 0.153. The van der Waals surface area contributed by atoms with Gasteiger partial charge in [-0.05, 0) is 58.7 Å². The number of aromatic nitrogens is 2. The molecule has 2 N–H and O–H groups in total. The first kappa shape index (κ1) is 28.6. The monoisotopic (exact) mass is 632 g/mol. The maximum absolute atomic E-state index is 12.1. The molecule has 11 nitrogen and oxygen atoms in total. The third kappa shape index (κ3) is 9.11. The Balaban J connectivity index is 1.49. The Labute approximate surface area is 233 Å². The van der Waals surface area contributed by atoms with Gasteiger partial charge < -0.3 is 23.7 Å². The van der Waals surface area contributed by atoms with Crippen LogP contribution in [-0.2, 0) is 16.2 Å². The summed E-state index contributed by atoms with van der Waals surface area (Å²) in [5.74, 6) is -0.349. The second kappa shape index (κ2) is 14.1. The highest BCUT2D eigenvalue weighted by Gasteiger charge is 2.14. The maximum atomic E-state index is 12.1. The number of aliphatic carboxylic acids is 1. The second-order valence-electron chi connectivity index (χ2n) is 6.85. The zero-order chi connectivity index (χ0) is 26.8.